The number of nitrogens with one attached hydrogen (secondary N) is 2. The van der Waals surface area contributed by atoms with Crippen LogP contribution in [0.4, 0.5) is 4.79 Å². The third-order valence-electron chi connectivity index (χ3n) is 5.81. The Hall–Kier alpha value is -3.61. The van der Waals surface area contributed by atoms with Crippen LogP contribution in [0.5, 0.6) is 0 Å². The third kappa shape index (κ3) is 4.66. The highest BCUT2D eigenvalue weighted by Gasteiger charge is 2.30. The smallest absolute Gasteiger partial charge is 0.407 e. The molecule has 2 aromatic carbocycles. The monoisotopic (exact) mass is 433 g/mol. The number of aryl methyl sites for hydroxylation is 1. The van der Waals surface area contributed by atoms with Gasteiger partial charge in [-0.15, -0.1) is 0 Å². The summed E-state index contributed by atoms with van der Waals surface area (Å²) < 4.78 is 5.48. The van der Waals surface area contributed by atoms with E-state index < -0.39 is 18.1 Å². The number of fused-ring (bicyclic) bond motifs is 3. The highest BCUT2D eigenvalue weighted by Crippen LogP contribution is 2.44. The van der Waals surface area contributed by atoms with Crippen LogP contribution in [0.15, 0.2) is 54.7 Å². The first-order valence-electron chi connectivity index (χ1n) is 10.9. The van der Waals surface area contributed by atoms with Crippen LogP contribution in [0.25, 0.3) is 11.1 Å². The van der Waals surface area contributed by atoms with Crippen molar-refractivity contribution < 1.29 is 19.4 Å². The van der Waals surface area contributed by atoms with Gasteiger partial charge in [0.1, 0.15) is 18.5 Å². The molecule has 1 unspecified atom stereocenters. The van der Waals surface area contributed by atoms with Crippen LogP contribution in [0.1, 0.15) is 48.3 Å². The van der Waals surface area contributed by atoms with Crippen molar-refractivity contribution in [3.05, 3.63) is 77.4 Å². The topological polar surface area (TPSA) is 104 Å². The van der Waals surface area contributed by atoms with Crippen molar-refractivity contribution in [1.82, 2.24) is 15.3 Å². The Morgan fingerprint density at radius 2 is 1.78 bits per heavy atom. The van der Waals surface area contributed by atoms with Gasteiger partial charge in [-0.25, -0.2) is 14.6 Å². The molecule has 1 amide bonds. The Labute approximate surface area is 186 Å². The molecular weight excluding hydrogens is 406 g/mol. The number of aromatic nitrogens is 2. The second kappa shape index (κ2) is 9.68. The number of amides is 1. The molecule has 166 valence electrons. The fourth-order valence-electron chi connectivity index (χ4n) is 4.18. The van der Waals surface area contributed by atoms with E-state index >= 15 is 0 Å². The summed E-state index contributed by atoms with van der Waals surface area (Å²) in [6.07, 6.45) is 3.86. The van der Waals surface area contributed by atoms with Crippen LogP contribution in [-0.4, -0.2) is 39.8 Å². The summed E-state index contributed by atoms with van der Waals surface area (Å²) in [5, 5.41) is 12.0. The first kappa shape index (κ1) is 21.6. The SMILES string of the molecule is CCCCc1ncc(CC(NC(=O)OCC2c3ccccc3-c3ccccc32)C(=O)O)[nH]1. The van der Waals surface area contributed by atoms with E-state index in [9.17, 15) is 14.7 Å². The Kier molecular flexibility index (Phi) is 6.54. The lowest BCUT2D eigenvalue weighted by Crippen LogP contribution is -2.43. The minimum absolute atomic E-state index is 0.0786. The van der Waals surface area contributed by atoms with Crippen LogP contribution in [0.3, 0.4) is 0 Å². The number of benzene rings is 2. The molecule has 1 aliphatic carbocycles. The molecule has 1 aliphatic rings. The number of aliphatic carboxylic acids is 1. The normalized spacial score (nSPS) is 13.3. The molecule has 1 atom stereocenters. The van der Waals surface area contributed by atoms with E-state index in [1.54, 1.807) is 6.20 Å². The molecule has 0 saturated carbocycles. The highest BCUT2D eigenvalue weighted by atomic mass is 16.5. The van der Waals surface area contributed by atoms with Crippen molar-refractivity contribution in [2.24, 2.45) is 0 Å². The minimum Gasteiger partial charge on any atom is -0.480 e. The molecule has 0 aliphatic heterocycles. The number of imidazole rings is 1. The first-order valence-corrected chi connectivity index (χ1v) is 10.9. The fraction of sp³-hybridized carbons (Fsp3) is 0.320. The van der Waals surface area contributed by atoms with Crippen molar-refractivity contribution in [3.8, 4) is 11.1 Å². The number of nitrogens with zero attached hydrogens (tertiary/aromatic N) is 1. The zero-order valence-corrected chi connectivity index (χ0v) is 18.0. The van der Waals surface area contributed by atoms with Gasteiger partial charge in [-0.05, 0) is 28.7 Å². The summed E-state index contributed by atoms with van der Waals surface area (Å²) in [6, 6.07) is 15.0. The Morgan fingerprint density at radius 1 is 1.12 bits per heavy atom. The standard InChI is InChI=1S/C25H27N3O4/c1-2-3-12-23-26-14-16(27-23)13-22(24(29)30)28-25(31)32-15-21-19-10-6-4-8-17(19)18-9-5-7-11-20(18)21/h4-11,14,21-22H,2-3,12-13,15H2,1H3,(H,26,27)(H,28,31)(H,29,30). The van der Waals surface area contributed by atoms with Gasteiger partial charge in [0.2, 0.25) is 0 Å². The maximum absolute atomic E-state index is 12.5. The summed E-state index contributed by atoms with van der Waals surface area (Å²) in [5.74, 6) is -0.375. The predicted molar refractivity (Wildman–Crippen MR) is 121 cm³/mol. The molecule has 4 rings (SSSR count). The number of H-pyrrole nitrogens is 1. The number of unbranched alkanes of at least 4 members (excludes halogenated alkanes) is 1. The summed E-state index contributed by atoms with van der Waals surface area (Å²) >= 11 is 0. The summed E-state index contributed by atoms with van der Waals surface area (Å²) in [4.78, 5) is 31.6. The van der Waals surface area contributed by atoms with Crippen molar-refractivity contribution in [2.75, 3.05) is 6.61 Å². The minimum atomic E-state index is -1.12. The van der Waals surface area contributed by atoms with Gasteiger partial charge in [-0.1, -0.05) is 61.9 Å². The summed E-state index contributed by atoms with van der Waals surface area (Å²) in [6.45, 7) is 2.24. The van der Waals surface area contributed by atoms with Gasteiger partial charge in [-0.3, -0.25) is 0 Å². The number of carbonyl (C=O) groups excluding carboxylic acids is 1. The third-order valence-corrected chi connectivity index (χ3v) is 5.81. The lowest BCUT2D eigenvalue weighted by Gasteiger charge is -2.17. The molecule has 32 heavy (non-hydrogen) atoms. The Morgan fingerprint density at radius 3 is 2.41 bits per heavy atom. The van der Waals surface area contributed by atoms with E-state index in [4.69, 9.17) is 4.74 Å². The largest absolute Gasteiger partial charge is 0.480 e. The molecule has 0 saturated heterocycles. The first-order chi connectivity index (χ1) is 15.6. The van der Waals surface area contributed by atoms with Gasteiger partial charge in [0.05, 0.1) is 0 Å². The van der Waals surface area contributed by atoms with E-state index in [0.29, 0.717) is 5.69 Å². The van der Waals surface area contributed by atoms with Crippen molar-refractivity contribution >= 4 is 12.1 Å². The molecule has 0 spiro atoms. The summed E-state index contributed by atoms with van der Waals surface area (Å²) in [7, 11) is 0. The predicted octanol–water partition coefficient (Wildman–Crippen LogP) is 4.29. The van der Waals surface area contributed by atoms with E-state index in [-0.39, 0.29) is 18.9 Å². The number of hydrogen-bond acceptors (Lipinski definition) is 4. The lowest BCUT2D eigenvalue weighted by atomic mass is 9.98. The number of carboxylic acids is 1. The second-order valence-corrected chi connectivity index (χ2v) is 8.02. The maximum atomic E-state index is 12.5. The van der Waals surface area contributed by atoms with Crippen molar-refractivity contribution in [1.29, 1.82) is 0 Å². The number of rotatable bonds is 9. The molecule has 0 radical (unpaired) electrons. The van der Waals surface area contributed by atoms with E-state index in [1.165, 1.54) is 0 Å². The van der Waals surface area contributed by atoms with Gasteiger partial charge in [0.15, 0.2) is 0 Å². The molecule has 0 fully saturated rings. The molecule has 1 aromatic heterocycles. The molecular formula is C25H27N3O4. The molecule has 7 heteroatoms. The van der Waals surface area contributed by atoms with Crippen LogP contribution in [0, 0.1) is 0 Å². The molecule has 3 aromatic rings. The van der Waals surface area contributed by atoms with Gasteiger partial charge in [-0.2, -0.15) is 0 Å². The van der Waals surface area contributed by atoms with Gasteiger partial charge in [0.25, 0.3) is 0 Å². The average Bonchev–Trinajstić information content (AvgIpc) is 3.38. The van der Waals surface area contributed by atoms with Crippen LogP contribution < -0.4 is 5.32 Å². The molecule has 7 nitrogen and oxygen atoms in total. The zero-order chi connectivity index (χ0) is 22.5. The van der Waals surface area contributed by atoms with Crippen LogP contribution in [0.2, 0.25) is 0 Å². The van der Waals surface area contributed by atoms with Gasteiger partial charge >= 0.3 is 12.1 Å². The quantitative estimate of drug-likeness (QED) is 0.467. The average molecular weight is 434 g/mol. The Bertz CT molecular complexity index is 1060. The van der Waals surface area contributed by atoms with Crippen LogP contribution in [-0.2, 0) is 22.4 Å². The number of ether oxygens (including phenoxy) is 1. The van der Waals surface area contributed by atoms with Gasteiger partial charge in [0, 0.05) is 30.7 Å². The van der Waals surface area contributed by atoms with E-state index in [0.717, 1.165) is 47.3 Å². The lowest BCUT2D eigenvalue weighted by molar-refractivity contribution is -0.139. The van der Waals surface area contributed by atoms with Gasteiger partial charge < -0.3 is 20.1 Å². The van der Waals surface area contributed by atoms with Crippen LogP contribution >= 0.6 is 0 Å². The number of carboxylic acid groups (broad SMARTS) is 1. The number of alkyl carbamates (subject to hydrolysis) is 1. The molecule has 1 heterocycles. The van der Waals surface area contributed by atoms with E-state index in [2.05, 4.69) is 34.3 Å². The summed E-state index contributed by atoms with van der Waals surface area (Å²) in [5.41, 5.74) is 5.15. The van der Waals surface area contributed by atoms with E-state index in [1.807, 2.05) is 36.4 Å². The second-order valence-electron chi connectivity index (χ2n) is 8.02. The number of hydrogen-bond donors (Lipinski definition) is 3. The Balaban J connectivity index is 1.38. The number of carbonyl (C=O) groups is 2. The maximum Gasteiger partial charge on any atom is 0.407 e. The zero-order valence-electron chi connectivity index (χ0n) is 18.0. The fourth-order valence-corrected chi connectivity index (χ4v) is 4.18. The van der Waals surface area contributed by atoms with Crippen molar-refractivity contribution in [3.63, 3.8) is 0 Å². The number of aromatic amines is 1. The van der Waals surface area contributed by atoms with Crippen molar-refractivity contribution in [2.45, 2.75) is 44.6 Å². The molecule has 0 bridgehead atoms. The molecule has 3 N–H and O–H groups in total. The highest BCUT2D eigenvalue weighted by molar-refractivity contribution is 5.81.